The molecule has 1 nitrogen and oxygen atoms in total. The molecule has 0 amide bonds. The summed E-state index contributed by atoms with van der Waals surface area (Å²) in [6.07, 6.45) is 5.15. The lowest BCUT2D eigenvalue weighted by Gasteiger charge is -2.14. The van der Waals surface area contributed by atoms with Crippen molar-refractivity contribution in [3.05, 3.63) is 0 Å². The Morgan fingerprint density at radius 2 is 1.30 bits per heavy atom. The van der Waals surface area contributed by atoms with E-state index in [1.807, 2.05) is 0 Å². The maximum Gasteiger partial charge on any atom is 0.00390 e. The van der Waals surface area contributed by atoms with E-state index >= 15 is 0 Å². The van der Waals surface area contributed by atoms with E-state index in [1.54, 1.807) is 0 Å². The van der Waals surface area contributed by atoms with E-state index in [9.17, 15) is 0 Å². The molecule has 2 N–H and O–H groups in total. The van der Waals surface area contributed by atoms with Crippen LogP contribution in [0.5, 0.6) is 0 Å². The quantitative estimate of drug-likeness (QED) is 0.514. The summed E-state index contributed by atoms with van der Waals surface area (Å²) in [6.45, 7) is 4.70. The number of hydrogen-bond donors (Lipinski definition) is 1. The molecule has 0 aliphatic heterocycles. The zero-order chi connectivity index (χ0) is 7.56. The third-order valence-corrected chi connectivity index (χ3v) is 2.96. The minimum atomic E-state index is 0.493. The Morgan fingerprint density at radius 3 is 1.70 bits per heavy atom. The maximum atomic E-state index is 5.86. The predicted octanol–water partition coefficient (Wildman–Crippen LogP) is 2.16. The molecule has 0 spiro atoms. The van der Waals surface area contributed by atoms with Crippen molar-refractivity contribution in [3.8, 4) is 0 Å². The van der Waals surface area contributed by atoms with E-state index in [0.717, 1.165) is 11.8 Å². The van der Waals surface area contributed by atoms with E-state index < -0.39 is 0 Å². The van der Waals surface area contributed by atoms with Gasteiger partial charge < -0.3 is 5.73 Å². The van der Waals surface area contributed by atoms with E-state index in [-0.39, 0.29) is 0 Å². The molecule has 1 rings (SSSR count). The fraction of sp³-hybridized carbons (Fsp3) is 1.00. The van der Waals surface area contributed by atoms with Gasteiger partial charge in [-0.15, -0.1) is 0 Å². The van der Waals surface area contributed by atoms with Crippen molar-refractivity contribution in [1.29, 1.82) is 0 Å². The molecule has 0 aromatic carbocycles. The fourth-order valence-electron chi connectivity index (χ4n) is 1.67. The highest BCUT2D eigenvalue weighted by molar-refractivity contribution is 4.73. The second-order valence-electron chi connectivity index (χ2n) is 3.87. The van der Waals surface area contributed by atoms with Gasteiger partial charge in [0.2, 0.25) is 0 Å². The summed E-state index contributed by atoms with van der Waals surface area (Å²) in [5, 5.41) is 0. The highest BCUT2D eigenvalue weighted by Crippen LogP contribution is 2.26. The molecule has 1 fully saturated rings. The first-order chi connectivity index (χ1) is 4.70. The van der Waals surface area contributed by atoms with Crippen molar-refractivity contribution < 1.29 is 0 Å². The lowest BCUT2D eigenvalue weighted by molar-refractivity contribution is 0.367. The van der Waals surface area contributed by atoms with E-state index in [4.69, 9.17) is 5.73 Å². The van der Waals surface area contributed by atoms with Crippen LogP contribution < -0.4 is 5.73 Å². The smallest absolute Gasteiger partial charge is 0.00390 e. The molecular formula is C9H19N. The minimum Gasteiger partial charge on any atom is -0.328 e. The van der Waals surface area contributed by atoms with Crippen LogP contribution in [0.1, 0.15) is 39.5 Å². The summed E-state index contributed by atoms with van der Waals surface area (Å²) in [5.74, 6) is 1.79. The molecule has 2 atom stereocenters. The first kappa shape index (κ1) is 8.06. The van der Waals surface area contributed by atoms with Gasteiger partial charge in [-0.1, -0.05) is 13.8 Å². The van der Waals surface area contributed by atoms with Crippen LogP contribution in [0.2, 0.25) is 0 Å². The van der Waals surface area contributed by atoms with Crippen LogP contribution >= 0.6 is 0 Å². The largest absolute Gasteiger partial charge is 0.328 e. The van der Waals surface area contributed by atoms with E-state index in [0.29, 0.717) is 6.04 Å². The summed E-state index contributed by atoms with van der Waals surface area (Å²) < 4.78 is 0. The van der Waals surface area contributed by atoms with Crippen molar-refractivity contribution in [2.24, 2.45) is 17.6 Å². The molecule has 0 radical (unpaired) electrons. The van der Waals surface area contributed by atoms with Crippen LogP contribution in [-0.2, 0) is 0 Å². The standard InChI is InChI=1S/C9H19N/c1-7-3-5-9(10)6-4-8(7)2/h7-9H,3-6,10H2,1-2H3. The molecule has 2 unspecified atom stereocenters. The highest BCUT2D eigenvalue weighted by Gasteiger charge is 2.18. The first-order valence-electron chi connectivity index (χ1n) is 4.45. The van der Waals surface area contributed by atoms with Gasteiger partial charge in [-0.2, -0.15) is 0 Å². The molecular weight excluding hydrogens is 122 g/mol. The van der Waals surface area contributed by atoms with E-state index in [2.05, 4.69) is 13.8 Å². The van der Waals surface area contributed by atoms with Gasteiger partial charge in [-0.25, -0.2) is 0 Å². The molecule has 0 saturated heterocycles. The van der Waals surface area contributed by atoms with Crippen molar-refractivity contribution in [2.75, 3.05) is 0 Å². The van der Waals surface area contributed by atoms with Crippen LogP contribution in [0.4, 0.5) is 0 Å². The van der Waals surface area contributed by atoms with Gasteiger partial charge in [0.05, 0.1) is 0 Å². The molecule has 0 bridgehead atoms. The molecule has 1 heteroatoms. The van der Waals surface area contributed by atoms with Gasteiger partial charge in [-0.05, 0) is 37.5 Å². The Balaban J connectivity index is 2.38. The van der Waals surface area contributed by atoms with Gasteiger partial charge in [0.25, 0.3) is 0 Å². The molecule has 60 valence electrons. The minimum absolute atomic E-state index is 0.493. The predicted molar refractivity (Wildman–Crippen MR) is 44.8 cm³/mol. The molecule has 10 heavy (non-hydrogen) atoms. The highest BCUT2D eigenvalue weighted by atomic mass is 14.6. The summed E-state index contributed by atoms with van der Waals surface area (Å²) in [5.41, 5.74) is 5.86. The van der Waals surface area contributed by atoms with Crippen LogP contribution in [0, 0.1) is 11.8 Å². The molecule has 1 saturated carbocycles. The topological polar surface area (TPSA) is 26.0 Å². The van der Waals surface area contributed by atoms with Gasteiger partial charge in [0.1, 0.15) is 0 Å². The molecule has 0 heterocycles. The maximum absolute atomic E-state index is 5.86. The van der Waals surface area contributed by atoms with Gasteiger partial charge in [0.15, 0.2) is 0 Å². The zero-order valence-corrected chi connectivity index (χ0v) is 7.14. The summed E-state index contributed by atoms with van der Waals surface area (Å²) >= 11 is 0. The van der Waals surface area contributed by atoms with Crippen LogP contribution in [0.25, 0.3) is 0 Å². The lowest BCUT2D eigenvalue weighted by Crippen LogP contribution is -2.17. The van der Waals surface area contributed by atoms with Crippen molar-refractivity contribution >= 4 is 0 Å². The Labute approximate surface area is 64.0 Å². The molecule has 1 aliphatic carbocycles. The van der Waals surface area contributed by atoms with E-state index in [1.165, 1.54) is 25.7 Å². The second kappa shape index (κ2) is 3.38. The second-order valence-corrected chi connectivity index (χ2v) is 3.87. The Bertz CT molecular complexity index is 88.9. The van der Waals surface area contributed by atoms with Crippen LogP contribution in [-0.4, -0.2) is 6.04 Å². The number of hydrogen-bond acceptors (Lipinski definition) is 1. The zero-order valence-electron chi connectivity index (χ0n) is 7.14. The van der Waals surface area contributed by atoms with Crippen LogP contribution in [0.3, 0.4) is 0 Å². The van der Waals surface area contributed by atoms with Crippen molar-refractivity contribution in [2.45, 2.75) is 45.6 Å². The number of nitrogens with two attached hydrogens (primary N) is 1. The Morgan fingerprint density at radius 1 is 0.900 bits per heavy atom. The summed E-state index contributed by atoms with van der Waals surface area (Å²) in [4.78, 5) is 0. The lowest BCUT2D eigenvalue weighted by atomic mass is 9.92. The number of rotatable bonds is 0. The average Bonchev–Trinajstić information content (AvgIpc) is 2.04. The third-order valence-electron chi connectivity index (χ3n) is 2.96. The van der Waals surface area contributed by atoms with Crippen molar-refractivity contribution in [3.63, 3.8) is 0 Å². The fourth-order valence-corrected chi connectivity index (χ4v) is 1.67. The Kier molecular flexibility index (Phi) is 2.72. The average molecular weight is 141 g/mol. The van der Waals surface area contributed by atoms with Crippen LogP contribution in [0.15, 0.2) is 0 Å². The summed E-state index contributed by atoms with van der Waals surface area (Å²) in [6, 6.07) is 0.493. The normalized spacial score (nSPS) is 42.9. The molecule has 0 aromatic heterocycles. The molecule has 0 aromatic rings. The molecule has 1 aliphatic rings. The van der Waals surface area contributed by atoms with Gasteiger partial charge >= 0.3 is 0 Å². The van der Waals surface area contributed by atoms with Gasteiger partial charge in [-0.3, -0.25) is 0 Å². The summed E-state index contributed by atoms with van der Waals surface area (Å²) in [7, 11) is 0. The Hall–Kier alpha value is -0.0400. The monoisotopic (exact) mass is 141 g/mol. The van der Waals surface area contributed by atoms with Crippen molar-refractivity contribution in [1.82, 2.24) is 0 Å². The first-order valence-corrected chi connectivity index (χ1v) is 4.45. The SMILES string of the molecule is CC1CCC(N)CCC1C. The third kappa shape index (κ3) is 1.98. The van der Waals surface area contributed by atoms with Gasteiger partial charge in [0, 0.05) is 6.04 Å².